The molecule has 0 aliphatic rings. The van der Waals surface area contributed by atoms with E-state index in [0.717, 1.165) is 0 Å². The number of nitrogens with one attached hydrogen (secondary N) is 1. The van der Waals surface area contributed by atoms with Gasteiger partial charge in [-0.25, -0.2) is 4.39 Å². The van der Waals surface area contributed by atoms with E-state index in [-0.39, 0.29) is 18.7 Å². The van der Waals surface area contributed by atoms with Crippen molar-refractivity contribution in [3.63, 3.8) is 0 Å². The molecule has 1 rings (SSSR count). The molecule has 0 aliphatic carbocycles. The van der Waals surface area contributed by atoms with E-state index >= 15 is 0 Å². The van der Waals surface area contributed by atoms with Crippen molar-refractivity contribution in [1.29, 1.82) is 0 Å². The molecule has 84 valence electrons. The maximum atomic E-state index is 13.6. The lowest BCUT2D eigenvalue weighted by Gasteiger charge is -2.12. The quantitative estimate of drug-likeness (QED) is 0.760. The Balaban J connectivity index is 2.78. The Morgan fingerprint density at radius 2 is 2.20 bits per heavy atom. The van der Waals surface area contributed by atoms with E-state index in [1.165, 1.54) is 13.2 Å². The molecule has 0 heterocycles. The van der Waals surface area contributed by atoms with Crippen molar-refractivity contribution in [3.05, 3.63) is 29.6 Å². The monoisotopic (exact) mass is 213 g/mol. The molecule has 0 bridgehead atoms. The minimum atomic E-state index is -0.273. The van der Waals surface area contributed by atoms with Crippen LogP contribution in [0.1, 0.15) is 18.5 Å². The summed E-state index contributed by atoms with van der Waals surface area (Å²) in [5.41, 5.74) is 0.627. The average Bonchev–Trinajstić information content (AvgIpc) is 2.25. The van der Waals surface area contributed by atoms with Gasteiger partial charge in [-0.3, -0.25) is 0 Å². The van der Waals surface area contributed by atoms with E-state index in [1.807, 2.05) is 6.92 Å². The summed E-state index contributed by atoms with van der Waals surface area (Å²) in [5, 5.41) is 2.98. The molecule has 0 amide bonds. The highest BCUT2D eigenvalue weighted by Crippen LogP contribution is 2.21. The number of ether oxygens (including phenoxy) is 2. The summed E-state index contributed by atoms with van der Waals surface area (Å²) in [5.74, 6) is 0.201. The standard InChI is InChI=1S/C11H16FNO2/c1-8(13-2)10-5-4-9(6-11(10)12)15-7-14-3/h4-6,8,13H,7H2,1-3H3. The Kier molecular flexibility index (Phi) is 4.52. The third-order valence-electron chi connectivity index (χ3n) is 2.21. The van der Waals surface area contributed by atoms with Gasteiger partial charge < -0.3 is 14.8 Å². The fourth-order valence-electron chi connectivity index (χ4n) is 1.23. The number of benzene rings is 1. The molecular weight excluding hydrogens is 197 g/mol. The molecule has 3 nitrogen and oxygen atoms in total. The SMILES string of the molecule is CNC(C)c1ccc(OCOC)cc1F. The molecule has 4 heteroatoms. The van der Waals surface area contributed by atoms with Crippen LogP contribution in [0.25, 0.3) is 0 Å². The maximum Gasteiger partial charge on any atom is 0.188 e. The van der Waals surface area contributed by atoms with E-state index in [1.54, 1.807) is 19.2 Å². The van der Waals surface area contributed by atoms with E-state index in [2.05, 4.69) is 5.32 Å². The first-order valence-corrected chi connectivity index (χ1v) is 4.77. The molecule has 1 unspecified atom stereocenters. The smallest absolute Gasteiger partial charge is 0.188 e. The zero-order valence-corrected chi connectivity index (χ0v) is 9.21. The number of hydrogen-bond acceptors (Lipinski definition) is 3. The minimum Gasteiger partial charge on any atom is -0.467 e. The summed E-state index contributed by atoms with van der Waals surface area (Å²) >= 11 is 0. The van der Waals surface area contributed by atoms with Crippen LogP contribution in [0.5, 0.6) is 5.75 Å². The van der Waals surface area contributed by atoms with Gasteiger partial charge in [0.2, 0.25) is 0 Å². The molecular formula is C11H16FNO2. The van der Waals surface area contributed by atoms with Crippen LogP contribution in [0.2, 0.25) is 0 Å². The van der Waals surface area contributed by atoms with Crippen LogP contribution in [0.4, 0.5) is 4.39 Å². The van der Waals surface area contributed by atoms with Gasteiger partial charge in [0.25, 0.3) is 0 Å². The Morgan fingerprint density at radius 3 is 2.73 bits per heavy atom. The van der Waals surface area contributed by atoms with E-state index in [0.29, 0.717) is 11.3 Å². The third kappa shape index (κ3) is 3.18. The molecule has 1 atom stereocenters. The summed E-state index contributed by atoms with van der Waals surface area (Å²) in [4.78, 5) is 0. The van der Waals surface area contributed by atoms with E-state index in [4.69, 9.17) is 9.47 Å². The Labute approximate surface area is 89.2 Å². The summed E-state index contributed by atoms with van der Waals surface area (Å²) in [6, 6.07) is 4.79. The number of methoxy groups -OCH3 is 1. The lowest BCUT2D eigenvalue weighted by molar-refractivity contribution is 0.0509. The van der Waals surface area contributed by atoms with Crippen molar-refractivity contribution in [1.82, 2.24) is 5.32 Å². The first-order chi connectivity index (χ1) is 7.19. The van der Waals surface area contributed by atoms with Crippen molar-refractivity contribution in [2.75, 3.05) is 21.0 Å². The Morgan fingerprint density at radius 1 is 1.47 bits per heavy atom. The molecule has 0 aromatic heterocycles. The van der Waals surface area contributed by atoms with Gasteiger partial charge in [-0.05, 0) is 20.0 Å². The molecule has 0 aliphatic heterocycles. The second-order valence-electron chi connectivity index (χ2n) is 3.24. The van der Waals surface area contributed by atoms with E-state index < -0.39 is 0 Å². The highest BCUT2D eigenvalue weighted by atomic mass is 19.1. The summed E-state index contributed by atoms with van der Waals surface area (Å²) < 4.78 is 23.4. The summed E-state index contributed by atoms with van der Waals surface area (Å²) in [6.07, 6.45) is 0. The van der Waals surface area contributed by atoms with Gasteiger partial charge in [0.05, 0.1) is 0 Å². The molecule has 1 aromatic rings. The fraction of sp³-hybridized carbons (Fsp3) is 0.455. The highest BCUT2D eigenvalue weighted by Gasteiger charge is 2.09. The molecule has 0 saturated heterocycles. The first-order valence-electron chi connectivity index (χ1n) is 4.77. The van der Waals surface area contributed by atoms with Crippen molar-refractivity contribution in [3.8, 4) is 5.75 Å². The van der Waals surface area contributed by atoms with Crippen molar-refractivity contribution < 1.29 is 13.9 Å². The van der Waals surface area contributed by atoms with Gasteiger partial charge >= 0.3 is 0 Å². The van der Waals surface area contributed by atoms with Crippen molar-refractivity contribution in [2.24, 2.45) is 0 Å². The van der Waals surface area contributed by atoms with Crippen LogP contribution in [-0.4, -0.2) is 21.0 Å². The third-order valence-corrected chi connectivity index (χ3v) is 2.21. The molecule has 0 fully saturated rings. The summed E-state index contributed by atoms with van der Waals surface area (Å²) in [7, 11) is 3.31. The number of rotatable bonds is 5. The van der Waals surface area contributed by atoms with Crippen LogP contribution in [0, 0.1) is 5.82 Å². The van der Waals surface area contributed by atoms with Gasteiger partial charge in [-0.15, -0.1) is 0 Å². The second-order valence-corrected chi connectivity index (χ2v) is 3.24. The molecule has 1 aromatic carbocycles. The Bertz CT molecular complexity index is 317. The fourth-order valence-corrected chi connectivity index (χ4v) is 1.23. The Hall–Kier alpha value is -1.13. The molecule has 15 heavy (non-hydrogen) atoms. The molecule has 0 radical (unpaired) electrons. The minimum absolute atomic E-state index is 0.0125. The van der Waals surface area contributed by atoms with Gasteiger partial charge in [-0.1, -0.05) is 6.07 Å². The molecule has 0 spiro atoms. The van der Waals surface area contributed by atoms with Gasteiger partial charge in [-0.2, -0.15) is 0 Å². The van der Waals surface area contributed by atoms with Gasteiger partial charge in [0.15, 0.2) is 6.79 Å². The average molecular weight is 213 g/mol. The van der Waals surface area contributed by atoms with Crippen LogP contribution in [0.15, 0.2) is 18.2 Å². The molecule has 1 N–H and O–H groups in total. The highest BCUT2D eigenvalue weighted by molar-refractivity contribution is 5.30. The van der Waals surface area contributed by atoms with Crippen molar-refractivity contribution >= 4 is 0 Å². The van der Waals surface area contributed by atoms with Gasteiger partial charge in [0, 0.05) is 24.8 Å². The predicted octanol–water partition coefficient (Wildman–Crippen LogP) is 2.09. The van der Waals surface area contributed by atoms with Crippen LogP contribution in [-0.2, 0) is 4.74 Å². The number of hydrogen-bond donors (Lipinski definition) is 1. The predicted molar refractivity (Wildman–Crippen MR) is 56.4 cm³/mol. The second kappa shape index (κ2) is 5.68. The largest absolute Gasteiger partial charge is 0.467 e. The van der Waals surface area contributed by atoms with Crippen LogP contribution in [0.3, 0.4) is 0 Å². The first kappa shape index (κ1) is 11.9. The van der Waals surface area contributed by atoms with E-state index in [9.17, 15) is 4.39 Å². The van der Waals surface area contributed by atoms with Gasteiger partial charge in [0.1, 0.15) is 11.6 Å². The topological polar surface area (TPSA) is 30.5 Å². The van der Waals surface area contributed by atoms with Crippen LogP contribution < -0.4 is 10.1 Å². The summed E-state index contributed by atoms with van der Waals surface area (Å²) in [6.45, 7) is 2.02. The lowest BCUT2D eigenvalue weighted by Crippen LogP contribution is -2.13. The number of halogens is 1. The zero-order valence-electron chi connectivity index (χ0n) is 9.21. The lowest BCUT2D eigenvalue weighted by atomic mass is 10.1. The zero-order chi connectivity index (χ0) is 11.3. The maximum absolute atomic E-state index is 13.6. The normalized spacial score (nSPS) is 12.5. The van der Waals surface area contributed by atoms with Crippen LogP contribution >= 0.6 is 0 Å². The van der Waals surface area contributed by atoms with Crippen molar-refractivity contribution in [2.45, 2.75) is 13.0 Å². The molecule has 0 saturated carbocycles.